The summed E-state index contributed by atoms with van der Waals surface area (Å²) in [6.07, 6.45) is 5.88. The summed E-state index contributed by atoms with van der Waals surface area (Å²) >= 11 is 0. The van der Waals surface area contributed by atoms with Crippen LogP contribution in [0.1, 0.15) is 23.2 Å². The normalized spacial score (nSPS) is 15.5. The molecule has 0 atom stereocenters. The number of anilines is 1. The van der Waals surface area contributed by atoms with Crippen molar-refractivity contribution in [1.82, 2.24) is 9.88 Å². The van der Waals surface area contributed by atoms with Gasteiger partial charge in [0.15, 0.2) is 0 Å². The average Bonchev–Trinajstić information content (AvgIpc) is 3.10. The van der Waals surface area contributed by atoms with Crippen LogP contribution in [-0.2, 0) is 4.79 Å². The van der Waals surface area contributed by atoms with Crippen molar-refractivity contribution in [1.29, 1.82) is 0 Å². The number of nitrogens with zero attached hydrogens (tertiary/aromatic N) is 2. The molecule has 0 bridgehead atoms. The molecule has 0 radical (unpaired) electrons. The molecule has 22 heavy (non-hydrogen) atoms. The number of pyridine rings is 1. The molecule has 0 saturated carbocycles. The van der Waals surface area contributed by atoms with Gasteiger partial charge in [-0.15, -0.1) is 0 Å². The first kappa shape index (κ1) is 14.3. The van der Waals surface area contributed by atoms with Crippen molar-refractivity contribution in [2.45, 2.75) is 12.8 Å². The summed E-state index contributed by atoms with van der Waals surface area (Å²) in [5, 5.41) is 2.81. The van der Waals surface area contributed by atoms with Gasteiger partial charge in [0.25, 0.3) is 5.91 Å². The monoisotopic (exact) mass is 299 g/mol. The number of amides is 2. The Morgan fingerprint density at radius 1 is 1.23 bits per heavy atom. The molecule has 0 spiro atoms. The molecule has 2 amide bonds. The van der Waals surface area contributed by atoms with Crippen LogP contribution >= 0.6 is 0 Å². The SMILES string of the molecule is O=C(Nc1ccccn1)C1CCN(C(=O)c2ccoc2)CC1. The Balaban J connectivity index is 1.53. The minimum absolute atomic E-state index is 0.0332. The Labute approximate surface area is 128 Å². The third-order valence-corrected chi connectivity index (χ3v) is 3.84. The fourth-order valence-electron chi connectivity index (χ4n) is 2.58. The zero-order valence-corrected chi connectivity index (χ0v) is 12.1. The third-order valence-electron chi connectivity index (χ3n) is 3.84. The molecule has 0 aromatic carbocycles. The zero-order chi connectivity index (χ0) is 15.4. The van der Waals surface area contributed by atoms with Gasteiger partial charge in [0, 0.05) is 25.2 Å². The van der Waals surface area contributed by atoms with Crippen LogP contribution in [0.15, 0.2) is 47.4 Å². The number of piperidine rings is 1. The molecule has 3 heterocycles. The third kappa shape index (κ3) is 3.16. The molecule has 114 valence electrons. The number of furan rings is 1. The highest BCUT2D eigenvalue weighted by atomic mass is 16.3. The molecule has 1 aliphatic heterocycles. The summed E-state index contributed by atoms with van der Waals surface area (Å²) in [6.45, 7) is 1.15. The van der Waals surface area contributed by atoms with E-state index in [1.165, 1.54) is 12.5 Å². The molecule has 2 aromatic heterocycles. The van der Waals surface area contributed by atoms with Gasteiger partial charge in [0.05, 0.1) is 11.8 Å². The number of carbonyl (C=O) groups is 2. The Morgan fingerprint density at radius 3 is 2.68 bits per heavy atom. The lowest BCUT2D eigenvalue weighted by Gasteiger charge is -2.31. The minimum Gasteiger partial charge on any atom is -0.472 e. The van der Waals surface area contributed by atoms with E-state index in [-0.39, 0.29) is 17.7 Å². The minimum atomic E-state index is -0.0876. The first-order chi connectivity index (χ1) is 10.7. The van der Waals surface area contributed by atoms with E-state index in [9.17, 15) is 9.59 Å². The predicted octanol–water partition coefficient (Wildman–Crippen LogP) is 2.17. The Morgan fingerprint density at radius 2 is 2.05 bits per heavy atom. The van der Waals surface area contributed by atoms with Gasteiger partial charge in [-0.05, 0) is 31.0 Å². The second kappa shape index (κ2) is 6.43. The summed E-state index contributed by atoms with van der Waals surface area (Å²) in [5.74, 6) is 0.395. The van der Waals surface area contributed by atoms with Crippen LogP contribution in [0, 0.1) is 5.92 Å². The first-order valence-corrected chi connectivity index (χ1v) is 7.27. The summed E-state index contributed by atoms with van der Waals surface area (Å²) in [7, 11) is 0. The van der Waals surface area contributed by atoms with Gasteiger partial charge in [0.1, 0.15) is 12.1 Å². The highest BCUT2D eigenvalue weighted by Gasteiger charge is 2.28. The lowest BCUT2D eigenvalue weighted by Crippen LogP contribution is -2.41. The molecule has 2 aromatic rings. The molecule has 0 aliphatic carbocycles. The molecule has 0 unspecified atom stereocenters. The van der Waals surface area contributed by atoms with E-state index in [0.29, 0.717) is 37.3 Å². The number of hydrogen-bond donors (Lipinski definition) is 1. The van der Waals surface area contributed by atoms with Crippen molar-refractivity contribution in [3.63, 3.8) is 0 Å². The Hall–Kier alpha value is -2.63. The number of aromatic nitrogens is 1. The van der Waals surface area contributed by atoms with Crippen molar-refractivity contribution in [2.24, 2.45) is 5.92 Å². The van der Waals surface area contributed by atoms with Crippen LogP contribution in [0.5, 0.6) is 0 Å². The van der Waals surface area contributed by atoms with Crippen molar-refractivity contribution in [2.75, 3.05) is 18.4 Å². The van der Waals surface area contributed by atoms with E-state index < -0.39 is 0 Å². The standard InChI is InChI=1S/C16H17N3O3/c20-15(18-14-3-1-2-7-17-14)12-4-8-19(9-5-12)16(21)13-6-10-22-11-13/h1-3,6-7,10-12H,4-5,8-9H2,(H,17,18,20). The van der Waals surface area contributed by atoms with E-state index in [1.54, 1.807) is 29.3 Å². The van der Waals surface area contributed by atoms with Gasteiger partial charge >= 0.3 is 0 Å². The maximum atomic E-state index is 12.2. The van der Waals surface area contributed by atoms with Crippen molar-refractivity contribution in [3.8, 4) is 0 Å². The molecule has 3 rings (SSSR count). The van der Waals surface area contributed by atoms with E-state index >= 15 is 0 Å². The van der Waals surface area contributed by atoms with Gasteiger partial charge in [-0.1, -0.05) is 6.07 Å². The molecule has 6 nitrogen and oxygen atoms in total. The number of nitrogens with one attached hydrogen (secondary N) is 1. The van der Waals surface area contributed by atoms with E-state index in [2.05, 4.69) is 10.3 Å². The molecule has 1 aliphatic rings. The topological polar surface area (TPSA) is 75.4 Å². The van der Waals surface area contributed by atoms with Crippen molar-refractivity contribution < 1.29 is 14.0 Å². The zero-order valence-electron chi connectivity index (χ0n) is 12.1. The van der Waals surface area contributed by atoms with E-state index in [1.807, 2.05) is 6.07 Å². The largest absolute Gasteiger partial charge is 0.472 e. The highest BCUT2D eigenvalue weighted by molar-refractivity contribution is 5.94. The molecule has 1 N–H and O–H groups in total. The van der Waals surface area contributed by atoms with Gasteiger partial charge in [-0.25, -0.2) is 4.98 Å². The lowest BCUT2D eigenvalue weighted by molar-refractivity contribution is -0.121. The summed E-state index contributed by atoms with van der Waals surface area (Å²) < 4.78 is 4.93. The molecule has 6 heteroatoms. The second-order valence-electron chi connectivity index (χ2n) is 5.28. The van der Waals surface area contributed by atoms with Crippen LogP contribution < -0.4 is 5.32 Å². The predicted molar refractivity (Wildman–Crippen MR) is 80.2 cm³/mol. The number of rotatable bonds is 3. The quantitative estimate of drug-likeness (QED) is 0.942. The summed E-state index contributed by atoms with van der Waals surface area (Å²) in [5.41, 5.74) is 0.552. The first-order valence-electron chi connectivity index (χ1n) is 7.27. The number of likely N-dealkylation sites (tertiary alicyclic amines) is 1. The van der Waals surface area contributed by atoms with Gasteiger partial charge in [-0.3, -0.25) is 9.59 Å². The number of carbonyl (C=O) groups excluding carboxylic acids is 2. The summed E-state index contributed by atoms with van der Waals surface area (Å²) in [6, 6.07) is 7.04. The second-order valence-corrected chi connectivity index (χ2v) is 5.28. The maximum absolute atomic E-state index is 12.2. The van der Waals surface area contributed by atoms with E-state index in [0.717, 1.165) is 0 Å². The van der Waals surface area contributed by atoms with Crippen molar-refractivity contribution in [3.05, 3.63) is 48.6 Å². The summed E-state index contributed by atoms with van der Waals surface area (Å²) in [4.78, 5) is 30.2. The fraction of sp³-hybridized carbons (Fsp3) is 0.312. The molecular formula is C16H17N3O3. The van der Waals surface area contributed by atoms with Gasteiger partial charge < -0.3 is 14.6 Å². The number of hydrogen-bond acceptors (Lipinski definition) is 4. The highest BCUT2D eigenvalue weighted by Crippen LogP contribution is 2.20. The molecule has 1 fully saturated rings. The van der Waals surface area contributed by atoms with Gasteiger partial charge in [-0.2, -0.15) is 0 Å². The van der Waals surface area contributed by atoms with Crippen LogP contribution in [0.4, 0.5) is 5.82 Å². The Bertz CT molecular complexity index is 632. The van der Waals surface area contributed by atoms with E-state index in [4.69, 9.17) is 4.42 Å². The average molecular weight is 299 g/mol. The van der Waals surface area contributed by atoms with Crippen molar-refractivity contribution >= 4 is 17.6 Å². The van der Waals surface area contributed by atoms with Crippen LogP contribution in [0.2, 0.25) is 0 Å². The van der Waals surface area contributed by atoms with Crippen LogP contribution in [0.3, 0.4) is 0 Å². The van der Waals surface area contributed by atoms with Crippen LogP contribution in [0.25, 0.3) is 0 Å². The van der Waals surface area contributed by atoms with Gasteiger partial charge in [0.2, 0.25) is 5.91 Å². The Kier molecular flexibility index (Phi) is 4.18. The maximum Gasteiger partial charge on any atom is 0.257 e. The molecular weight excluding hydrogens is 282 g/mol. The lowest BCUT2D eigenvalue weighted by atomic mass is 9.95. The molecule has 1 saturated heterocycles. The smallest absolute Gasteiger partial charge is 0.257 e. The fourth-order valence-corrected chi connectivity index (χ4v) is 2.58. The van der Waals surface area contributed by atoms with Crippen LogP contribution in [-0.4, -0.2) is 34.8 Å².